The lowest BCUT2D eigenvalue weighted by molar-refractivity contribution is -0.123. The van der Waals surface area contributed by atoms with Gasteiger partial charge >= 0.3 is 0 Å². The number of nitrogens with one attached hydrogen (secondary N) is 1. The maximum absolute atomic E-state index is 11.9. The normalized spacial score (nSPS) is 24.2. The molecule has 4 N–H and O–H groups in total. The summed E-state index contributed by atoms with van der Waals surface area (Å²) in [6.07, 6.45) is 5.65. The molecule has 0 aromatic carbocycles. The molecule has 0 saturated heterocycles. The van der Waals surface area contributed by atoms with E-state index in [1.807, 2.05) is 6.92 Å². The largest absolute Gasteiger partial charge is 0.409 e. The molecule has 1 amide bonds. The van der Waals surface area contributed by atoms with Gasteiger partial charge in [-0.1, -0.05) is 12.1 Å². The van der Waals surface area contributed by atoms with E-state index in [4.69, 9.17) is 10.9 Å². The number of hydrogen-bond acceptors (Lipinski definition) is 3. The molecule has 2 fully saturated rings. The number of nitrogens with zero attached hydrogens (tertiary/aromatic N) is 1. The Morgan fingerprint density at radius 1 is 1.59 bits per heavy atom. The molecule has 1 atom stereocenters. The molecule has 17 heavy (non-hydrogen) atoms. The Morgan fingerprint density at radius 2 is 2.24 bits per heavy atom. The fourth-order valence-corrected chi connectivity index (χ4v) is 2.57. The van der Waals surface area contributed by atoms with E-state index >= 15 is 0 Å². The van der Waals surface area contributed by atoms with Gasteiger partial charge in [-0.15, -0.1) is 0 Å². The predicted octanol–water partition coefficient (Wildman–Crippen LogP) is 1.07. The summed E-state index contributed by atoms with van der Waals surface area (Å²) in [6, 6.07) is 0. The second kappa shape index (κ2) is 4.55. The Balaban J connectivity index is 1.83. The van der Waals surface area contributed by atoms with Crippen LogP contribution < -0.4 is 11.1 Å². The quantitative estimate of drug-likeness (QED) is 0.280. The highest BCUT2D eigenvalue weighted by Crippen LogP contribution is 2.60. The van der Waals surface area contributed by atoms with Gasteiger partial charge in [-0.05, 0) is 43.4 Å². The standard InChI is InChI=1S/C12H21N3O2/c1-2-9(10(13)15-17)11(16)14-7-12(5-6-12)8-3-4-8/h8-9,17H,2-7H2,1H3,(H2,13,15)(H,14,16). The molecule has 0 bridgehead atoms. The van der Waals surface area contributed by atoms with Crippen LogP contribution in [0, 0.1) is 17.3 Å². The van der Waals surface area contributed by atoms with E-state index in [1.54, 1.807) is 0 Å². The van der Waals surface area contributed by atoms with Gasteiger partial charge in [-0.2, -0.15) is 0 Å². The Kier molecular flexibility index (Phi) is 3.26. The monoisotopic (exact) mass is 239 g/mol. The Bertz CT molecular complexity index is 333. The number of nitrogens with two attached hydrogens (primary N) is 1. The number of oxime groups is 1. The van der Waals surface area contributed by atoms with Crippen molar-refractivity contribution in [1.82, 2.24) is 5.32 Å². The van der Waals surface area contributed by atoms with Gasteiger partial charge in [0.2, 0.25) is 5.91 Å². The summed E-state index contributed by atoms with van der Waals surface area (Å²) in [5, 5.41) is 14.5. The van der Waals surface area contributed by atoms with Gasteiger partial charge in [0.15, 0.2) is 5.84 Å². The summed E-state index contributed by atoms with van der Waals surface area (Å²) >= 11 is 0. The van der Waals surface area contributed by atoms with Gasteiger partial charge in [0.1, 0.15) is 0 Å². The lowest BCUT2D eigenvalue weighted by Crippen LogP contribution is -2.41. The third kappa shape index (κ3) is 2.53. The Labute approximate surface area is 101 Å². The Morgan fingerprint density at radius 3 is 2.65 bits per heavy atom. The third-order valence-corrected chi connectivity index (χ3v) is 4.15. The number of amides is 1. The second-order valence-electron chi connectivity index (χ2n) is 5.34. The highest BCUT2D eigenvalue weighted by Gasteiger charge is 2.53. The van der Waals surface area contributed by atoms with Crippen molar-refractivity contribution in [2.75, 3.05) is 6.54 Å². The van der Waals surface area contributed by atoms with Crippen LogP contribution in [0.15, 0.2) is 5.16 Å². The third-order valence-electron chi connectivity index (χ3n) is 4.15. The highest BCUT2D eigenvalue weighted by atomic mass is 16.4. The van der Waals surface area contributed by atoms with E-state index < -0.39 is 5.92 Å². The van der Waals surface area contributed by atoms with Crippen molar-refractivity contribution in [3.8, 4) is 0 Å². The van der Waals surface area contributed by atoms with Crippen LogP contribution in [-0.2, 0) is 4.79 Å². The van der Waals surface area contributed by atoms with Crippen LogP contribution in [0.1, 0.15) is 39.0 Å². The predicted molar refractivity (Wildman–Crippen MR) is 64.6 cm³/mol. The van der Waals surface area contributed by atoms with Gasteiger partial charge in [0.25, 0.3) is 0 Å². The topological polar surface area (TPSA) is 87.7 Å². The van der Waals surface area contributed by atoms with Crippen molar-refractivity contribution < 1.29 is 10.0 Å². The molecule has 5 nitrogen and oxygen atoms in total. The molecule has 0 spiro atoms. The van der Waals surface area contributed by atoms with Crippen LogP contribution in [0.25, 0.3) is 0 Å². The zero-order valence-corrected chi connectivity index (χ0v) is 10.3. The lowest BCUT2D eigenvalue weighted by Gasteiger charge is -2.18. The van der Waals surface area contributed by atoms with Gasteiger partial charge in [-0.3, -0.25) is 4.79 Å². The molecule has 2 saturated carbocycles. The van der Waals surface area contributed by atoms with Crippen molar-refractivity contribution >= 4 is 11.7 Å². The zero-order chi connectivity index (χ0) is 12.5. The average molecular weight is 239 g/mol. The van der Waals surface area contributed by atoms with E-state index in [0.29, 0.717) is 11.8 Å². The minimum Gasteiger partial charge on any atom is -0.409 e. The van der Waals surface area contributed by atoms with Crippen molar-refractivity contribution in [3.63, 3.8) is 0 Å². The van der Waals surface area contributed by atoms with Crippen molar-refractivity contribution in [2.24, 2.45) is 28.1 Å². The first-order valence-electron chi connectivity index (χ1n) is 6.38. The van der Waals surface area contributed by atoms with Crippen molar-refractivity contribution in [1.29, 1.82) is 0 Å². The smallest absolute Gasteiger partial charge is 0.230 e. The van der Waals surface area contributed by atoms with E-state index in [-0.39, 0.29) is 11.7 Å². The number of carbonyl (C=O) groups excluding carboxylic acids is 1. The van der Waals surface area contributed by atoms with E-state index in [2.05, 4.69) is 10.5 Å². The maximum atomic E-state index is 11.9. The fourth-order valence-electron chi connectivity index (χ4n) is 2.57. The first kappa shape index (κ1) is 12.2. The Hall–Kier alpha value is -1.26. The average Bonchev–Trinajstić information content (AvgIpc) is 3.17. The van der Waals surface area contributed by atoms with Gasteiger partial charge in [0, 0.05) is 6.54 Å². The number of carbonyl (C=O) groups is 1. The van der Waals surface area contributed by atoms with E-state index in [0.717, 1.165) is 12.5 Å². The fraction of sp³-hybridized carbons (Fsp3) is 0.833. The highest BCUT2D eigenvalue weighted by molar-refractivity contribution is 6.02. The molecule has 0 aliphatic heterocycles. The summed E-state index contributed by atoms with van der Waals surface area (Å²) in [5.74, 6) is 0.206. The molecule has 0 heterocycles. The van der Waals surface area contributed by atoms with Crippen molar-refractivity contribution in [3.05, 3.63) is 0 Å². The van der Waals surface area contributed by atoms with Gasteiger partial charge in [-0.25, -0.2) is 0 Å². The molecule has 2 rings (SSSR count). The molecule has 1 unspecified atom stereocenters. The molecule has 96 valence electrons. The van der Waals surface area contributed by atoms with Crippen LogP contribution in [0.4, 0.5) is 0 Å². The summed E-state index contributed by atoms with van der Waals surface area (Å²) in [5.41, 5.74) is 5.88. The first-order chi connectivity index (χ1) is 8.13. The summed E-state index contributed by atoms with van der Waals surface area (Å²) in [4.78, 5) is 11.9. The molecule has 2 aliphatic rings. The molecule has 0 radical (unpaired) electrons. The number of amidine groups is 1. The van der Waals surface area contributed by atoms with Gasteiger partial charge < -0.3 is 16.3 Å². The van der Waals surface area contributed by atoms with Crippen molar-refractivity contribution in [2.45, 2.75) is 39.0 Å². The van der Waals surface area contributed by atoms with Crippen LogP contribution in [0.5, 0.6) is 0 Å². The van der Waals surface area contributed by atoms with Crippen LogP contribution in [0.2, 0.25) is 0 Å². The molecular formula is C12H21N3O2. The van der Waals surface area contributed by atoms with Crippen LogP contribution in [-0.4, -0.2) is 23.5 Å². The second-order valence-corrected chi connectivity index (χ2v) is 5.34. The molecule has 0 aromatic rings. The minimum absolute atomic E-state index is 0.00117. The summed E-state index contributed by atoms with van der Waals surface area (Å²) < 4.78 is 0. The van der Waals surface area contributed by atoms with E-state index in [9.17, 15) is 4.79 Å². The molecular weight excluding hydrogens is 218 g/mol. The summed E-state index contributed by atoms with van der Waals surface area (Å²) in [6.45, 7) is 2.61. The molecule has 2 aliphatic carbocycles. The van der Waals surface area contributed by atoms with Crippen LogP contribution in [0.3, 0.4) is 0 Å². The van der Waals surface area contributed by atoms with E-state index in [1.165, 1.54) is 25.7 Å². The molecule has 5 heteroatoms. The van der Waals surface area contributed by atoms with Gasteiger partial charge in [0.05, 0.1) is 5.92 Å². The lowest BCUT2D eigenvalue weighted by atomic mass is 9.99. The SMILES string of the molecule is CCC(C(=O)NCC1(C2CC2)CC1)C(N)=NO. The maximum Gasteiger partial charge on any atom is 0.230 e. The zero-order valence-electron chi connectivity index (χ0n) is 10.3. The summed E-state index contributed by atoms with van der Waals surface area (Å²) in [7, 11) is 0. The number of rotatable bonds is 6. The molecule has 0 aromatic heterocycles. The number of hydrogen-bond donors (Lipinski definition) is 3. The van der Waals surface area contributed by atoms with Crippen LogP contribution >= 0.6 is 0 Å². The minimum atomic E-state index is -0.505. The first-order valence-corrected chi connectivity index (χ1v) is 6.38.